The Morgan fingerprint density at radius 1 is 1.44 bits per heavy atom. The second-order valence-electron chi connectivity index (χ2n) is 4.52. The van der Waals surface area contributed by atoms with E-state index >= 15 is 0 Å². The minimum atomic E-state index is -0.951. The zero-order valence-electron chi connectivity index (χ0n) is 11.1. The van der Waals surface area contributed by atoms with Crippen LogP contribution in [0.3, 0.4) is 0 Å². The van der Waals surface area contributed by atoms with Crippen LogP contribution in [0.2, 0.25) is 0 Å². The first kappa shape index (κ1) is 14.4. The topological polar surface area (TPSA) is 73.7 Å². The third-order valence-corrected chi connectivity index (χ3v) is 2.66. The van der Waals surface area contributed by atoms with Crippen LogP contribution in [0, 0.1) is 6.92 Å². The Morgan fingerprint density at radius 3 is 2.61 bits per heavy atom. The summed E-state index contributed by atoms with van der Waals surface area (Å²) in [5.41, 5.74) is 0.923. The lowest BCUT2D eigenvalue weighted by Gasteiger charge is -2.28. The smallest absolute Gasteiger partial charge is 0.335 e. The molecule has 0 fully saturated rings. The van der Waals surface area contributed by atoms with E-state index in [1.165, 1.54) is 0 Å². The van der Waals surface area contributed by atoms with Gasteiger partial charge in [0, 0.05) is 24.9 Å². The highest BCUT2D eigenvalue weighted by atomic mass is 16.4. The quantitative estimate of drug-likeness (QED) is 0.806. The van der Waals surface area contributed by atoms with Crippen LogP contribution in [0.25, 0.3) is 0 Å². The number of aromatic carboxylic acids is 1. The molecule has 18 heavy (non-hydrogen) atoms. The lowest BCUT2D eigenvalue weighted by Crippen LogP contribution is -2.33. The third kappa shape index (κ3) is 3.70. The first-order valence-electron chi connectivity index (χ1n) is 6.05. The molecule has 2 N–H and O–H groups in total. The monoisotopic (exact) mass is 252 g/mol. The Kier molecular flexibility index (Phi) is 5.09. The zero-order chi connectivity index (χ0) is 13.7. The van der Waals surface area contributed by atoms with Crippen LogP contribution in [0.4, 0.5) is 5.82 Å². The Labute approximate surface area is 107 Å². The molecule has 1 aromatic heterocycles. The van der Waals surface area contributed by atoms with Crippen molar-refractivity contribution in [3.63, 3.8) is 0 Å². The Morgan fingerprint density at radius 2 is 2.11 bits per heavy atom. The van der Waals surface area contributed by atoms with E-state index in [0.717, 1.165) is 0 Å². The standard InChI is InChI=1S/C13H20N2O3/c1-9(2)15(5-4-6-16)12-8-11(13(17)18)7-10(3)14-12/h7-9,16H,4-6H2,1-3H3,(H,17,18). The highest BCUT2D eigenvalue weighted by molar-refractivity contribution is 5.88. The van der Waals surface area contributed by atoms with Crippen molar-refractivity contribution in [3.05, 3.63) is 23.4 Å². The molecule has 0 aromatic carbocycles. The normalized spacial score (nSPS) is 10.7. The molecule has 0 atom stereocenters. The van der Waals surface area contributed by atoms with E-state index in [0.29, 0.717) is 24.5 Å². The number of hydrogen-bond acceptors (Lipinski definition) is 4. The molecule has 0 aliphatic rings. The Hall–Kier alpha value is -1.62. The van der Waals surface area contributed by atoms with Crippen molar-refractivity contribution in [3.8, 4) is 0 Å². The maximum absolute atomic E-state index is 11.0. The maximum Gasteiger partial charge on any atom is 0.335 e. The molecule has 0 radical (unpaired) electrons. The SMILES string of the molecule is Cc1cc(C(=O)O)cc(N(CCCO)C(C)C)n1. The first-order chi connectivity index (χ1) is 8.45. The summed E-state index contributed by atoms with van der Waals surface area (Å²) in [5, 5.41) is 17.9. The lowest BCUT2D eigenvalue weighted by molar-refractivity contribution is 0.0696. The van der Waals surface area contributed by atoms with Gasteiger partial charge in [-0.3, -0.25) is 0 Å². The van der Waals surface area contributed by atoms with Crippen molar-refractivity contribution in [2.45, 2.75) is 33.2 Å². The molecule has 0 aliphatic heterocycles. The molecule has 0 aliphatic carbocycles. The van der Waals surface area contributed by atoms with Crippen molar-refractivity contribution in [1.82, 2.24) is 4.98 Å². The van der Waals surface area contributed by atoms with Gasteiger partial charge in [0.2, 0.25) is 0 Å². The van der Waals surface area contributed by atoms with E-state index in [1.54, 1.807) is 19.1 Å². The van der Waals surface area contributed by atoms with Gasteiger partial charge in [0.1, 0.15) is 5.82 Å². The van der Waals surface area contributed by atoms with Crippen LogP contribution < -0.4 is 4.90 Å². The average Bonchev–Trinajstić information content (AvgIpc) is 2.28. The molecule has 1 heterocycles. The molecule has 1 aromatic rings. The second-order valence-corrected chi connectivity index (χ2v) is 4.52. The largest absolute Gasteiger partial charge is 0.478 e. The van der Waals surface area contributed by atoms with Gasteiger partial charge in [-0.15, -0.1) is 0 Å². The number of nitrogens with zero attached hydrogens (tertiary/aromatic N) is 2. The summed E-state index contributed by atoms with van der Waals surface area (Å²) in [7, 11) is 0. The van der Waals surface area contributed by atoms with Crippen molar-refractivity contribution in [2.24, 2.45) is 0 Å². The number of aliphatic hydroxyl groups is 1. The number of hydrogen-bond donors (Lipinski definition) is 2. The van der Waals surface area contributed by atoms with Crippen LogP contribution in [-0.4, -0.2) is 40.4 Å². The summed E-state index contributed by atoms with van der Waals surface area (Å²) in [5.74, 6) is -0.302. The number of carboxylic acid groups (broad SMARTS) is 1. The molecule has 0 unspecified atom stereocenters. The van der Waals surface area contributed by atoms with E-state index in [4.69, 9.17) is 10.2 Å². The number of pyridine rings is 1. The summed E-state index contributed by atoms with van der Waals surface area (Å²) in [6.45, 7) is 6.58. The molecule has 0 saturated carbocycles. The minimum absolute atomic E-state index is 0.112. The highest BCUT2D eigenvalue weighted by Crippen LogP contribution is 2.18. The molecule has 0 amide bonds. The van der Waals surface area contributed by atoms with E-state index in [2.05, 4.69) is 4.98 Å². The number of anilines is 1. The molecular weight excluding hydrogens is 232 g/mol. The zero-order valence-corrected chi connectivity index (χ0v) is 11.1. The predicted molar refractivity (Wildman–Crippen MR) is 70.1 cm³/mol. The third-order valence-electron chi connectivity index (χ3n) is 2.66. The van der Waals surface area contributed by atoms with Gasteiger partial charge in [0.05, 0.1) is 5.56 Å². The number of rotatable bonds is 6. The molecular formula is C13H20N2O3. The van der Waals surface area contributed by atoms with E-state index in [9.17, 15) is 4.79 Å². The van der Waals surface area contributed by atoms with Crippen molar-refractivity contribution >= 4 is 11.8 Å². The van der Waals surface area contributed by atoms with Gasteiger partial charge in [0.25, 0.3) is 0 Å². The summed E-state index contributed by atoms with van der Waals surface area (Å²) >= 11 is 0. The van der Waals surface area contributed by atoms with Crippen LogP contribution in [-0.2, 0) is 0 Å². The van der Waals surface area contributed by atoms with Gasteiger partial charge in [-0.1, -0.05) is 0 Å². The van der Waals surface area contributed by atoms with E-state index in [1.807, 2.05) is 18.7 Å². The lowest BCUT2D eigenvalue weighted by atomic mass is 10.2. The number of aryl methyl sites for hydroxylation is 1. The predicted octanol–water partition coefficient (Wildman–Crippen LogP) is 1.69. The molecule has 100 valence electrons. The van der Waals surface area contributed by atoms with Gasteiger partial charge < -0.3 is 15.1 Å². The molecule has 5 heteroatoms. The fraction of sp³-hybridized carbons (Fsp3) is 0.538. The summed E-state index contributed by atoms with van der Waals surface area (Å²) in [6, 6.07) is 3.33. The highest BCUT2D eigenvalue weighted by Gasteiger charge is 2.14. The Bertz CT molecular complexity index is 419. The molecule has 0 saturated heterocycles. The molecule has 0 spiro atoms. The summed E-state index contributed by atoms with van der Waals surface area (Å²) in [6.07, 6.45) is 0.635. The number of aliphatic hydroxyl groups excluding tert-OH is 1. The van der Waals surface area contributed by atoms with Gasteiger partial charge in [0.15, 0.2) is 0 Å². The average molecular weight is 252 g/mol. The fourth-order valence-electron chi connectivity index (χ4n) is 1.80. The Balaban J connectivity index is 3.07. The van der Waals surface area contributed by atoms with Crippen LogP contribution in [0.15, 0.2) is 12.1 Å². The number of carboxylic acids is 1. The first-order valence-corrected chi connectivity index (χ1v) is 6.05. The van der Waals surface area contributed by atoms with Crippen molar-refractivity contribution in [1.29, 1.82) is 0 Å². The van der Waals surface area contributed by atoms with Gasteiger partial charge in [-0.05, 0) is 39.3 Å². The van der Waals surface area contributed by atoms with Crippen LogP contribution in [0.5, 0.6) is 0 Å². The van der Waals surface area contributed by atoms with Crippen LogP contribution in [0.1, 0.15) is 36.3 Å². The van der Waals surface area contributed by atoms with Crippen molar-refractivity contribution in [2.75, 3.05) is 18.1 Å². The van der Waals surface area contributed by atoms with Gasteiger partial charge in [-0.25, -0.2) is 9.78 Å². The number of carbonyl (C=O) groups is 1. The summed E-state index contributed by atoms with van der Waals surface area (Å²) < 4.78 is 0. The maximum atomic E-state index is 11.0. The number of aromatic nitrogens is 1. The second kappa shape index (κ2) is 6.35. The van der Waals surface area contributed by atoms with E-state index < -0.39 is 5.97 Å². The minimum Gasteiger partial charge on any atom is -0.478 e. The molecule has 5 nitrogen and oxygen atoms in total. The van der Waals surface area contributed by atoms with Crippen LogP contribution >= 0.6 is 0 Å². The van der Waals surface area contributed by atoms with Crippen molar-refractivity contribution < 1.29 is 15.0 Å². The summed E-state index contributed by atoms with van der Waals surface area (Å²) in [4.78, 5) is 17.4. The molecule has 0 bridgehead atoms. The molecule has 1 rings (SSSR count). The fourth-order valence-corrected chi connectivity index (χ4v) is 1.80. The van der Waals surface area contributed by atoms with E-state index in [-0.39, 0.29) is 18.2 Å². The van der Waals surface area contributed by atoms with Gasteiger partial charge >= 0.3 is 5.97 Å². The van der Waals surface area contributed by atoms with Gasteiger partial charge in [-0.2, -0.15) is 0 Å².